The van der Waals surface area contributed by atoms with Crippen LogP contribution in [-0.4, -0.2) is 47.2 Å². The van der Waals surface area contributed by atoms with Crippen molar-refractivity contribution in [2.45, 2.75) is 44.6 Å². The second-order valence-electron chi connectivity index (χ2n) is 7.66. The van der Waals surface area contributed by atoms with Gasteiger partial charge in [0.05, 0.1) is 5.75 Å². The van der Waals surface area contributed by atoms with Crippen LogP contribution in [0, 0.1) is 5.92 Å². The van der Waals surface area contributed by atoms with Crippen molar-refractivity contribution in [2.75, 3.05) is 35.6 Å². The van der Waals surface area contributed by atoms with Crippen LogP contribution in [0.15, 0.2) is 41.7 Å². The Labute approximate surface area is 188 Å². The van der Waals surface area contributed by atoms with Crippen molar-refractivity contribution in [1.82, 2.24) is 15.3 Å². The highest BCUT2D eigenvalue weighted by Gasteiger charge is 2.25. The van der Waals surface area contributed by atoms with Crippen molar-refractivity contribution in [2.24, 2.45) is 5.92 Å². The van der Waals surface area contributed by atoms with Crippen molar-refractivity contribution < 1.29 is 9.59 Å². The summed E-state index contributed by atoms with van der Waals surface area (Å²) < 4.78 is 0. The van der Waals surface area contributed by atoms with Crippen LogP contribution in [0.1, 0.15) is 38.7 Å². The van der Waals surface area contributed by atoms with E-state index in [1.165, 1.54) is 17.3 Å². The number of carbonyl (C=O) groups excluding carboxylic acids is 2. The number of piperidine rings is 1. The van der Waals surface area contributed by atoms with E-state index in [-0.39, 0.29) is 23.5 Å². The fourth-order valence-corrected chi connectivity index (χ4v) is 4.21. The zero-order valence-corrected chi connectivity index (χ0v) is 19.1. The van der Waals surface area contributed by atoms with Crippen LogP contribution >= 0.6 is 11.8 Å². The number of carbonyl (C=O) groups is 2. The van der Waals surface area contributed by atoms with E-state index >= 15 is 0 Å². The van der Waals surface area contributed by atoms with Gasteiger partial charge in [-0.3, -0.25) is 9.59 Å². The quantitative estimate of drug-likeness (QED) is 0.457. The van der Waals surface area contributed by atoms with Crippen molar-refractivity contribution in [3.8, 4) is 0 Å². The highest BCUT2D eigenvalue weighted by atomic mass is 32.2. The number of amides is 2. The average Bonchev–Trinajstić information content (AvgIpc) is 2.81. The summed E-state index contributed by atoms with van der Waals surface area (Å²) >= 11 is 1.40. The molecule has 166 valence electrons. The van der Waals surface area contributed by atoms with Gasteiger partial charge in [-0.15, -0.1) is 0 Å². The summed E-state index contributed by atoms with van der Waals surface area (Å²) in [5.41, 5.74) is 2.01. The number of aryl methyl sites for hydroxylation is 1. The molecule has 0 atom stereocenters. The molecule has 8 heteroatoms. The van der Waals surface area contributed by atoms with Gasteiger partial charge in [-0.05, 0) is 43.4 Å². The van der Waals surface area contributed by atoms with E-state index < -0.39 is 0 Å². The summed E-state index contributed by atoms with van der Waals surface area (Å²) in [6.07, 6.45) is 5.07. The van der Waals surface area contributed by atoms with Gasteiger partial charge in [0, 0.05) is 37.3 Å². The van der Waals surface area contributed by atoms with Crippen molar-refractivity contribution >= 4 is 35.1 Å². The first-order valence-corrected chi connectivity index (χ1v) is 11.9. The smallest absolute Gasteiger partial charge is 0.234 e. The van der Waals surface area contributed by atoms with Crippen molar-refractivity contribution in [1.29, 1.82) is 0 Å². The van der Waals surface area contributed by atoms with Gasteiger partial charge in [0.25, 0.3) is 0 Å². The van der Waals surface area contributed by atoms with Gasteiger partial charge in [-0.1, -0.05) is 37.7 Å². The molecule has 1 aromatic carbocycles. The molecule has 1 saturated heterocycles. The summed E-state index contributed by atoms with van der Waals surface area (Å²) in [6.45, 7) is 6.47. The van der Waals surface area contributed by atoms with E-state index in [0.29, 0.717) is 0 Å². The van der Waals surface area contributed by atoms with E-state index in [4.69, 9.17) is 0 Å². The monoisotopic (exact) mass is 441 g/mol. The lowest BCUT2D eigenvalue weighted by atomic mass is 9.96. The molecular formula is C23H31N5O2S. The third-order valence-electron chi connectivity index (χ3n) is 5.34. The molecular weight excluding hydrogens is 410 g/mol. The lowest BCUT2D eigenvalue weighted by molar-refractivity contribution is -0.125. The number of nitrogens with zero attached hydrogens (tertiary/aromatic N) is 3. The minimum atomic E-state index is -0.0580. The van der Waals surface area contributed by atoms with Gasteiger partial charge in [0.2, 0.25) is 11.8 Å². The molecule has 0 bridgehead atoms. The summed E-state index contributed by atoms with van der Waals surface area (Å²) in [5, 5.41) is 6.70. The summed E-state index contributed by atoms with van der Waals surface area (Å²) in [5.74, 6) is 1.31. The SMILES string of the molecule is CCCNC(=O)C1CCN(c2cc(SCC(=O)Nc3cccc(CC)c3)ncn2)CC1. The maximum atomic E-state index is 12.3. The Morgan fingerprint density at radius 2 is 1.97 bits per heavy atom. The first kappa shape index (κ1) is 23.1. The van der Waals surface area contributed by atoms with Gasteiger partial charge in [-0.2, -0.15) is 0 Å². The molecule has 2 aromatic rings. The minimum Gasteiger partial charge on any atom is -0.356 e. The Bertz CT molecular complexity index is 884. The lowest BCUT2D eigenvalue weighted by Gasteiger charge is -2.32. The fourth-order valence-electron chi connectivity index (χ4n) is 3.55. The molecule has 0 spiro atoms. The minimum absolute atomic E-state index is 0.0580. The predicted octanol–water partition coefficient (Wildman–Crippen LogP) is 3.51. The Hall–Kier alpha value is -2.61. The molecule has 0 saturated carbocycles. The molecule has 1 aliphatic heterocycles. The van der Waals surface area contributed by atoms with Gasteiger partial charge in [-0.25, -0.2) is 9.97 Å². The fraction of sp³-hybridized carbons (Fsp3) is 0.478. The number of hydrogen-bond donors (Lipinski definition) is 2. The van der Waals surface area contributed by atoms with Gasteiger partial charge in [0.15, 0.2) is 0 Å². The highest BCUT2D eigenvalue weighted by molar-refractivity contribution is 7.99. The second kappa shape index (κ2) is 11.7. The molecule has 0 unspecified atom stereocenters. The Balaban J connectivity index is 1.49. The zero-order valence-electron chi connectivity index (χ0n) is 18.3. The largest absolute Gasteiger partial charge is 0.356 e. The van der Waals surface area contributed by atoms with E-state index in [9.17, 15) is 9.59 Å². The first-order valence-electron chi connectivity index (χ1n) is 10.9. The van der Waals surface area contributed by atoms with E-state index in [1.807, 2.05) is 30.3 Å². The number of hydrogen-bond acceptors (Lipinski definition) is 6. The molecule has 1 aliphatic rings. The van der Waals surface area contributed by atoms with Crippen LogP contribution in [0.5, 0.6) is 0 Å². The lowest BCUT2D eigenvalue weighted by Crippen LogP contribution is -2.41. The average molecular weight is 442 g/mol. The molecule has 2 heterocycles. The topological polar surface area (TPSA) is 87.2 Å². The molecule has 31 heavy (non-hydrogen) atoms. The Morgan fingerprint density at radius 3 is 2.71 bits per heavy atom. The standard InChI is InChI=1S/C23H31N5O2S/c1-3-10-24-23(30)18-8-11-28(12-9-18)20-14-22(26-16-25-20)31-15-21(29)27-19-7-5-6-17(4-2)13-19/h5-7,13-14,16,18H,3-4,8-12,15H2,1-2H3,(H,24,30)(H,27,29). The number of benzene rings is 1. The summed E-state index contributed by atoms with van der Waals surface area (Å²) in [7, 11) is 0. The molecule has 2 amide bonds. The predicted molar refractivity (Wildman–Crippen MR) is 125 cm³/mol. The van der Waals surface area contributed by atoms with Crippen LogP contribution < -0.4 is 15.5 Å². The molecule has 3 rings (SSSR count). The van der Waals surface area contributed by atoms with Crippen LogP contribution in [0.3, 0.4) is 0 Å². The van der Waals surface area contributed by atoms with Gasteiger partial charge >= 0.3 is 0 Å². The number of thioether (sulfide) groups is 1. The summed E-state index contributed by atoms with van der Waals surface area (Å²) in [4.78, 5) is 35.4. The highest BCUT2D eigenvalue weighted by Crippen LogP contribution is 2.25. The number of rotatable bonds is 9. The van der Waals surface area contributed by atoms with E-state index in [1.54, 1.807) is 6.33 Å². The zero-order chi connectivity index (χ0) is 22.1. The molecule has 0 radical (unpaired) electrons. The van der Waals surface area contributed by atoms with Gasteiger partial charge < -0.3 is 15.5 Å². The number of anilines is 2. The third kappa shape index (κ3) is 6.95. The summed E-state index contributed by atoms with van der Waals surface area (Å²) in [6, 6.07) is 9.82. The van der Waals surface area contributed by atoms with Crippen LogP contribution in [-0.2, 0) is 16.0 Å². The normalized spacial score (nSPS) is 14.3. The second-order valence-corrected chi connectivity index (χ2v) is 8.65. The maximum absolute atomic E-state index is 12.3. The van der Waals surface area contributed by atoms with E-state index in [2.05, 4.69) is 39.3 Å². The van der Waals surface area contributed by atoms with E-state index in [0.717, 1.165) is 61.8 Å². The van der Waals surface area contributed by atoms with Crippen LogP contribution in [0.4, 0.5) is 11.5 Å². The molecule has 0 aliphatic carbocycles. The van der Waals surface area contributed by atoms with Gasteiger partial charge in [0.1, 0.15) is 17.2 Å². The Kier molecular flexibility index (Phi) is 8.70. The molecule has 2 N–H and O–H groups in total. The number of aromatic nitrogens is 2. The molecule has 1 fully saturated rings. The Morgan fingerprint density at radius 1 is 1.16 bits per heavy atom. The van der Waals surface area contributed by atoms with Crippen molar-refractivity contribution in [3.63, 3.8) is 0 Å². The number of nitrogens with one attached hydrogen (secondary N) is 2. The van der Waals surface area contributed by atoms with Crippen LogP contribution in [0.25, 0.3) is 0 Å². The molecule has 7 nitrogen and oxygen atoms in total. The first-order chi connectivity index (χ1) is 15.1. The molecule has 1 aromatic heterocycles. The third-order valence-corrected chi connectivity index (χ3v) is 6.26. The van der Waals surface area contributed by atoms with Crippen LogP contribution in [0.2, 0.25) is 0 Å². The maximum Gasteiger partial charge on any atom is 0.234 e. The van der Waals surface area contributed by atoms with Crippen molar-refractivity contribution in [3.05, 3.63) is 42.2 Å².